The number of carbonyl (C=O) groups excluding carboxylic acids is 1. The number of rotatable bonds is 11. The molecule has 0 aliphatic carbocycles. The summed E-state index contributed by atoms with van der Waals surface area (Å²) in [6.45, 7) is -1.65. The van der Waals surface area contributed by atoms with Crippen LogP contribution in [0.2, 0.25) is 0 Å². The standard InChI is InChI=1S/C29H36O16/c30-11-19-22(37)23(38)24(39)29(42-19)45-27-25(40)28(41-8-7-14-2-5-16(33)18(35)10-14)43-20(12-31)26(27)44-21(36)6-3-13-1-4-15(32)17(34)9-13/h1-6,9-10,19-20,22-35,37-40H,7-8,11-12H2/t19-,20-,22-,23+,24-,25-,26-,27-,28-,29+/m1/s1. The zero-order valence-corrected chi connectivity index (χ0v) is 23.6. The number of phenolic OH excluding ortho intramolecular Hbond substituents is 4. The number of aromatic hydroxyl groups is 4. The van der Waals surface area contributed by atoms with E-state index in [4.69, 9.17) is 23.7 Å². The molecule has 0 radical (unpaired) electrons. The molecule has 2 saturated heterocycles. The first kappa shape index (κ1) is 34.3. The van der Waals surface area contributed by atoms with Crippen LogP contribution >= 0.6 is 0 Å². The fourth-order valence-corrected chi connectivity index (χ4v) is 4.81. The summed E-state index contributed by atoms with van der Waals surface area (Å²) in [5.74, 6) is -2.50. The summed E-state index contributed by atoms with van der Waals surface area (Å²) < 4.78 is 28.0. The molecule has 2 aromatic rings. The fraction of sp³-hybridized carbons (Fsp3) is 0.483. The van der Waals surface area contributed by atoms with E-state index in [0.717, 1.165) is 6.08 Å². The molecule has 248 valence electrons. The van der Waals surface area contributed by atoms with Crippen LogP contribution in [0.4, 0.5) is 0 Å². The molecule has 2 aliphatic rings. The van der Waals surface area contributed by atoms with Gasteiger partial charge in [-0.05, 0) is 47.9 Å². The molecule has 10 N–H and O–H groups in total. The van der Waals surface area contributed by atoms with Crippen LogP contribution in [0.25, 0.3) is 6.08 Å². The van der Waals surface area contributed by atoms with Crippen molar-refractivity contribution >= 4 is 12.0 Å². The third kappa shape index (κ3) is 8.19. The topological polar surface area (TPSA) is 266 Å². The molecule has 0 saturated carbocycles. The van der Waals surface area contributed by atoms with Gasteiger partial charge in [-0.1, -0.05) is 12.1 Å². The number of ether oxygens (including phenoxy) is 5. The quantitative estimate of drug-likeness (QED) is 0.0720. The maximum absolute atomic E-state index is 12.8. The van der Waals surface area contributed by atoms with Gasteiger partial charge < -0.3 is 74.7 Å². The lowest BCUT2D eigenvalue weighted by atomic mass is 9.96. The molecule has 2 aliphatic heterocycles. The van der Waals surface area contributed by atoms with Crippen LogP contribution in [0.5, 0.6) is 23.0 Å². The summed E-state index contributed by atoms with van der Waals surface area (Å²) >= 11 is 0. The van der Waals surface area contributed by atoms with Gasteiger partial charge in [0, 0.05) is 6.08 Å². The molecule has 0 spiro atoms. The minimum atomic E-state index is -1.88. The molecular formula is C29H36O16. The van der Waals surface area contributed by atoms with Crippen molar-refractivity contribution in [2.75, 3.05) is 19.8 Å². The Morgan fingerprint density at radius 2 is 1.38 bits per heavy atom. The first-order valence-corrected chi connectivity index (χ1v) is 13.9. The molecule has 16 nitrogen and oxygen atoms in total. The van der Waals surface area contributed by atoms with Gasteiger partial charge in [-0.2, -0.15) is 0 Å². The Bertz CT molecular complexity index is 1320. The first-order valence-electron chi connectivity index (χ1n) is 13.9. The monoisotopic (exact) mass is 640 g/mol. The lowest BCUT2D eigenvalue weighted by Gasteiger charge is -2.46. The average Bonchev–Trinajstić information content (AvgIpc) is 3.02. The lowest BCUT2D eigenvalue weighted by Crippen LogP contribution is -2.65. The Morgan fingerprint density at radius 1 is 0.733 bits per heavy atom. The molecule has 2 heterocycles. The summed E-state index contributed by atoms with van der Waals surface area (Å²) in [7, 11) is 0. The first-order chi connectivity index (χ1) is 21.4. The molecule has 4 rings (SSSR count). The molecule has 0 aromatic heterocycles. The fourth-order valence-electron chi connectivity index (χ4n) is 4.81. The Kier molecular flexibility index (Phi) is 11.6. The second kappa shape index (κ2) is 15.2. The van der Waals surface area contributed by atoms with Crippen LogP contribution in [-0.4, -0.2) is 138 Å². The number of hydrogen-bond acceptors (Lipinski definition) is 16. The van der Waals surface area contributed by atoms with E-state index in [1.807, 2.05) is 0 Å². The van der Waals surface area contributed by atoms with Gasteiger partial charge in [0.1, 0.15) is 42.7 Å². The molecule has 0 unspecified atom stereocenters. The summed E-state index contributed by atoms with van der Waals surface area (Å²) in [6.07, 6.45) is -14.0. The van der Waals surface area contributed by atoms with Gasteiger partial charge in [0.25, 0.3) is 0 Å². The van der Waals surface area contributed by atoms with E-state index in [0.29, 0.717) is 11.1 Å². The number of aliphatic hydroxyl groups is 6. The Labute approximate surface area is 256 Å². The number of esters is 1. The smallest absolute Gasteiger partial charge is 0.331 e. The summed E-state index contributed by atoms with van der Waals surface area (Å²) in [5.41, 5.74) is 0.870. The lowest BCUT2D eigenvalue weighted by molar-refractivity contribution is -0.360. The molecule has 2 fully saturated rings. The minimum absolute atomic E-state index is 0.108. The highest BCUT2D eigenvalue weighted by Gasteiger charge is 2.52. The van der Waals surface area contributed by atoms with E-state index in [-0.39, 0.29) is 30.3 Å². The SMILES string of the molecule is O=C(C=Cc1ccc(O)c(O)c1)O[C@H]1[C@H](O[C@@H]2O[C@H](CO)[C@@H](O)[C@H](O)[C@H]2O)[C@@H](O)[C@H](OCCc2ccc(O)c(O)c2)O[C@@H]1CO. The van der Waals surface area contributed by atoms with Crippen LogP contribution in [0.15, 0.2) is 42.5 Å². The van der Waals surface area contributed by atoms with E-state index >= 15 is 0 Å². The van der Waals surface area contributed by atoms with Gasteiger partial charge in [0.2, 0.25) is 0 Å². The number of carbonyl (C=O) groups is 1. The van der Waals surface area contributed by atoms with Crippen molar-refractivity contribution in [3.8, 4) is 23.0 Å². The highest BCUT2D eigenvalue weighted by molar-refractivity contribution is 5.87. The van der Waals surface area contributed by atoms with Gasteiger partial charge in [-0.3, -0.25) is 0 Å². The van der Waals surface area contributed by atoms with Gasteiger partial charge in [0.05, 0.1) is 19.8 Å². The van der Waals surface area contributed by atoms with Crippen molar-refractivity contribution in [3.63, 3.8) is 0 Å². The van der Waals surface area contributed by atoms with Crippen LogP contribution < -0.4 is 0 Å². The van der Waals surface area contributed by atoms with Crippen LogP contribution in [-0.2, 0) is 34.9 Å². The third-order valence-electron chi connectivity index (χ3n) is 7.31. The van der Waals surface area contributed by atoms with Crippen molar-refractivity contribution in [1.82, 2.24) is 0 Å². The zero-order valence-electron chi connectivity index (χ0n) is 23.6. The molecule has 0 bridgehead atoms. The molecule has 10 atom stereocenters. The third-order valence-corrected chi connectivity index (χ3v) is 7.31. The number of hydrogen-bond donors (Lipinski definition) is 10. The predicted molar refractivity (Wildman–Crippen MR) is 149 cm³/mol. The van der Waals surface area contributed by atoms with E-state index in [2.05, 4.69) is 0 Å². The van der Waals surface area contributed by atoms with Crippen molar-refractivity contribution in [2.45, 2.75) is 67.8 Å². The molecule has 0 amide bonds. The van der Waals surface area contributed by atoms with E-state index < -0.39 is 86.3 Å². The summed E-state index contributed by atoms with van der Waals surface area (Å²) in [4.78, 5) is 12.8. The van der Waals surface area contributed by atoms with E-state index in [9.17, 15) is 55.9 Å². The molecule has 2 aromatic carbocycles. The van der Waals surface area contributed by atoms with Crippen LogP contribution in [0.1, 0.15) is 11.1 Å². The Morgan fingerprint density at radius 3 is 2.02 bits per heavy atom. The van der Waals surface area contributed by atoms with Gasteiger partial charge >= 0.3 is 5.97 Å². The van der Waals surface area contributed by atoms with Crippen molar-refractivity contribution < 1.29 is 79.5 Å². The van der Waals surface area contributed by atoms with Gasteiger partial charge in [0.15, 0.2) is 41.7 Å². The second-order valence-electron chi connectivity index (χ2n) is 10.4. The maximum atomic E-state index is 12.8. The minimum Gasteiger partial charge on any atom is -0.504 e. The molecule has 45 heavy (non-hydrogen) atoms. The van der Waals surface area contributed by atoms with E-state index in [1.165, 1.54) is 42.5 Å². The van der Waals surface area contributed by atoms with Crippen LogP contribution in [0.3, 0.4) is 0 Å². The number of aliphatic hydroxyl groups excluding tert-OH is 6. The van der Waals surface area contributed by atoms with Crippen molar-refractivity contribution in [2.24, 2.45) is 0 Å². The predicted octanol–water partition coefficient (Wildman–Crippen LogP) is -2.04. The number of phenols is 4. The summed E-state index contributed by atoms with van der Waals surface area (Å²) in [6, 6.07) is 7.88. The molecular weight excluding hydrogens is 604 g/mol. The van der Waals surface area contributed by atoms with Gasteiger partial charge in [-0.25, -0.2) is 4.79 Å². The second-order valence-corrected chi connectivity index (χ2v) is 10.4. The van der Waals surface area contributed by atoms with Crippen LogP contribution in [0, 0.1) is 0 Å². The van der Waals surface area contributed by atoms with Crippen molar-refractivity contribution in [1.29, 1.82) is 0 Å². The summed E-state index contributed by atoms with van der Waals surface area (Å²) in [5, 5.41) is 100. The number of benzene rings is 2. The molecule has 16 heteroatoms. The zero-order chi connectivity index (χ0) is 32.8. The largest absolute Gasteiger partial charge is 0.504 e. The maximum Gasteiger partial charge on any atom is 0.331 e. The average molecular weight is 641 g/mol. The van der Waals surface area contributed by atoms with Crippen molar-refractivity contribution in [3.05, 3.63) is 53.6 Å². The normalized spacial score (nSPS) is 32.0. The Hall–Kier alpha value is -3.55. The van der Waals surface area contributed by atoms with Gasteiger partial charge in [-0.15, -0.1) is 0 Å². The highest BCUT2D eigenvalue weighted by Crippen LogP contribution is 2.32. The highest BCUT2D eigenvalue weighted by atomic mass is 16.7. The van der Waals surface area contributed by atoms with E-state index in [1.54, 1.807) is 0 Å². The Balaban J connectivity index is 1.53.